The van der Waals surface area contributed by atoms with Crippen molar-refractivity contribution in [1.82, 2.24) is 10.1 Å². The zero-order valence-electron chi connectivity index (χ0n) is 9.81. The second-order valence-corrected chi connectivity index (χ2v) is 3.91. The van der Waals surface area contributed by atoms with Gasteiger partial charge in [0, 0.05) is 17.0 Å². The highest BCUT2D eigenvalue weighted by Crippen LogP contribution is 2.26. The first-order valence-electron chi connectivity index (χ1n) is 5.14. The van der Waals surface area contributed by atoms with Crippen molar-refractivity contribution in [3.05, 3.63) is 34.8 Å². The molecular weight excluding hydrogens is 220 g/mol. The molecule has 5 nitrogen and oxygen atoms in total. The van der Waals surface area contributed by atoms with E-state index in [1.807, 2.05) is 13.8 Å². The van der Waals surface area contributed by atoms with E-state index in [0.717, 1.165) is 11.4 Å². The highest BCUT2D eigenvalue weighted by atomic mass is 16.5. The molecule has 5 heteroatoms. The number of nitrogens with zero attached hydrogens (tertiary/aromatic N) is 2. The highest BCUT2D eigenvalue weighted by Gasteiger charge is 2.21. The summed E-state index contributed by atoms with van der Waals surface area (Å²) in [7, 11) is 0. The number of hydrogen-bond donors (Lipinski definition) is 1. The lowest BCUT2D eigenvalue weighted by Crippen LogP contribution is -2.00. The minimum absolute atomic E-state index is 0.106. The van der Waals surface area contributed by atoms with Crippen molar-refractivity contribution in [3.8, 4) is 11.3 Å². The van der Waals surface area contributed by atoms with Crippen LogP contribution in [0.15, 0.2) is 16.7 Å². The fraction of sp³-hybridized carbons (Fsp3) is 0.250. The number of carboxylic acid groups (broad SMARTS) is 1. The average molecular weight is 232 g/mol. The summed E-state index contributed by atoms with van der Waals surface area (Å²) in [6.45, 7) is 5.29. The van der Waals surface area contributed by atoms with Crippen LogP contribution in [0, 0.1) is 20.8 Å². The van der Waals surface area contributed by atoms with Gasteiger partial charge in [-0.1, -0.05) is 5.16 Å². The molecule has 0 fully saturated rings. The molecule has 1 N–H and O–H groups in total. The molecule has 0 aliphatic heterocycles. The van der Waals surface area contributed by atoms with Crippen LogP contribution in [0.2, 0.25) is 0 Å². The molecule has 0 saturated carbocycles. The summed E-state index contributed by atoms with van der Waals surface area (Å²) in [4.78, 5) is 15.4. The second-order valence-electron chi connectivity index (χ2n) is 3.91. The molecule has 0 bridgehead atoms. The van der Waals surface area contributed by atoms with E-state index < -0.39 is 5.97 Å². The minimum atomic E-state index is -1.04. The van der Waals surface area contributed by atoms with Crippen LogP contribution >= 0.6 is 0 Å². The molecule has 0 aliphatic carbocycles. The van der Waals surface area contributed by atoms with E-state index >= 15 is 0 Å². The smallest absolute Gasteiger partial charge is 0.341 e. The molecule has 2 aromatic rings. The number of aromatic carboxylic acids is 1. The number of aryl methyl sites for hydroxylation is 3. The van der Waals surface area contributed by atoms with Gasteiger partial charge in [0.2, 0.25) is 0 Å². The van der Waals surface area contributed by atoms with Gasteiger partial charge in [-0.25, -0.2) is 4.79 Å². The molecule has 0 spiro atoms. The van der Waals surface area contributed by atoms with Crippen LogP contribution in [0.4, 0.5) is 0 Å². The predicted octanol–water partition coefficient (Wildman–Crippen LogP) is 2.36. The van der Waals surface area contributed by atoms with Crippen LogP contribution in [-0.4, -0.2) is 21.2 Å². The van der Waals surface area contributed by atoms with Crippen LogP contribution in [0.3, 0.4) is 0 Å². The Kier molecular flexibility index (Phi) is 2.67. The Morgan fingerprint density at radius 1 is 1.24 bits per heavy atom. The number of hydrogen-bond acceptors (Lipinski definition) is 4. The molecule has 0 aromatic carbocycles. The van der Waals surface area contributed by atoms with Crippen LogP contribution < -0.4 is 0 Å². The van der Waals surface area contributed by atoms with Crippen molar-refractivity contribution in [2.24, 2.45) is 0 Å². The van der Waals surface area contributed by atoms with E-state index in [2.05, 4.69) is 10.1 Å². The maximum atomic E-state index is 11.1. The van der Waals surface area contributed by atoms with Gasteiger partial charge in [-0.15, -0.1) is 0 Å². The van der Waals surface area contributed by atoms with Gasteiger partial charge in [0.15, 0.2) is 0 Å². The lowest BCUT2D eigenvalue weighted by molar-refractivity contribution is 0.0696. The van der Waals surface area contributed by atoms with E-state index in [0.29, 0.717) is 17.0 Å². The van der Waals surface area contributed by atoms with E-state index in [1.54, 1.807) is 19.1 Å². The van der Waals surface area contributed by atoms with Crippen LogP contribution in [0.5, 0.6) is 0 Å². The third-order valence-corrected chi connectivity index (χ3v) is 2.43. The van der Waals surface area contributed by atoms with E-state index in [4.69, 9.17) is 9.63 Å². The zero-order valence-corrected chi connectivity index (χ0v) is 9.81. The summed E-state index contributed by atoms with van der Waals surface area (Å²) in [5.41, 5.74) is 2.80. The van der Waals surface area contributed by atoms with Gasteiger partial charge in [-0.05, 0) is 32.9 Å². The largest absolute Gasteiger partial charge is 0.477 e. The summed E-state index contributed by atoms with van der Waals surface area (Å²) in [6, 6.07) is 3.58. The van der Waals surface area contributed by atoms with Crippen molar-refractivity contribution >= 4 is 5.97 Å². The maximum Gasteiger partial charge on any atom is 0.341 e. The minimum Gasteiger partial charge on any atom is -0.477 e. The lowest BCUT2D eigenvalue weighted by Gasteiger charge is -2.01. The molecule has 2 heterocycles. The van der Waals surface area contributed by atoms with Gasteiger partial charge >= 0.3 is 5.97 Å². The van der Waals surface area contributed by atoms with Crippen LogP contribution in [0.25, 0.3) is 11.3 Å². The monoisotopic (exact) mass is 232 g/mol. The predicted molar refractivity (Wildman–Crippen MR) is 60.9 cm³/mol. The van der Waals surface area contributed by atoms with Gasteiger partial charge in [-0.2, -0.15) is 0 Å². The van der Waals surface area contributed by atoms with Crippen molar-refractivity contribution in [3.63, 3.8) is 0 Å². The summed E-state index contributed by atoms with van der Waals surface area (Å²) in [6.07, 6.45) is 0. The standard InChI is InChI=1S/C12H12N2O3/c1-6-4-9(5-7(2)13-6)11-10(12(15)16)8(3)17-14-11/h4-5H,1-3H3,(H,15,16). The summed E-state index contributed by atoms with van der Waals surface area (Å²) < 4.78 is 4.94. The first-order valence-corrected chi connectivity index (χ1v) is 5.14. The van der Waals surface area contributed by atoms with E-state index in [1.165, 1.54) is 0 Å². The third kappa shape index (κ3) is 2.04. The number of pyridine rings is 1. The molecule has 2 rings (SSSR count). The molecule has 88 valence electrons. The summed E-state index contributed by atoms with van der Waals surface area (Å²) >= 11 is 0. The molecule has 17 heavy (non-hydrogen) atoms. The van der Waals surface area contributed by atoms with E-state index in [9.17, 15) is 4.79 Å². The summed E-state index contributed by atoms with van der Waals surface area (Å²) in [5, 5.41) is 12.9. The quantitative estimate of drug-likeness (QED) is 0.860. The van der Waals surface area contributed by atoms with E-state index in [-0.39, 0.29) is 5.56 Å². The third-order valence-electron chi connectivity index (χ3n) is 2.43. The van der Waals surface area contributed by atoms with Crippen molar-refractivity contribution in [1.29, 1.82) is 0 Å². The number of carboxylic acids is 1. The first kappa shape index (κ1) is 11.3. The normalized spacial score (nSPS) is 10.5. The van der Waals surface area contributed by atoms with Crippen molar-refractivity contribution in [2.45, 2.75) is 20.8 Å². The van der Waals surface area contributed by atoms with Gasteiger partial charge in [0.25, 0.3) is 0 Å². The van der Waals surface area contributed by atoms with Crippen molar-refractivity contribution < 1.29 is 14.4 Å². The summed E-state index contributed by atoms with van der Waals surface area (Å²) in [5.74, 6) is -0.731. The maximum absolute atomic E-state index is 11.1. The molecule has 0 saturated heterocycles. The fourth-order valence-electron chi connectivity index (χ4n) is 1.79. The van der Waals surface area contributed by atoms with Crippen LogP contribution in [0.1, 0.15) is 27.5 Å². The van der Waals surface area contributed by atoms with Gasteiger partial charge in [0.1, 0.15) is 17.0 Å². The molecule has 0 amide bonds. The van der Waals surface area contributed by atoms with Crippen LogP contribution in [-0.2, 0) is 0 Å². The molecule has 0 unspecified atom stereocenters. The SMILES string of the molecule is Cc1cc(-c2noc(C)c2C(=O)O)cc(C)n1. The number of aromatic nitrogens is 2. The highest BCUT2D eigenvalue weighted by molar-refractivity contribution is 5.95. The Labute approximate surface area is 98.1 Å². The second kappa shape index (κ2) is 4.01. The molecule has 2 aromatic heterocycles. The molecular formula is C12H12N2O3. The molecule has 0 atom stereocenters. The first-order chi connectivity index (χ1) is 7.99. The Bertz CT molecular complexity index is 567. The Balaban J connectivity index is 2.64. The Morgan fingerprint density at radius 2 is 1.82 bits per heavy atom. The number of carbonyl (C=O) groups is 1. The topological polar surface area (TPSA) is 76.2 Å². The Morgan fingerprint density at radius 3 is 2.35 bits per heavy atom. The lowest BCUT2D eigenvalue weighted by atomic mass is 10.1. The van der Waals surface area contributed by atoms with Gasteiger partial charge < -0.3 is 9.63 Å². The van der Waals surface area contributed by atoms with Gasteiger partial charge in [-0.3, -0.25) is 4.98 Å². The fourth-order valence-corrected chi connectivity index (χ4v) is 1.79. The molecule has 0 radical (unpaired) electrons. The zero-order chi connectivity index (χ0) is 12.6. The van der Waals surface area contributed by atoms with Gasteiger partial charge in [0.05, 0.1) is 0 Å². The Hall–Kier alpha value is -2.17. The average Bonchev–Trinajstić information content (AvgIpc) is 2.58. The number of rotatable bonds is 2. The van der Waals surface area contributed by atoms with Crippen molar-refractivity contribution in [2.75, 3.05) is 0 Å². The molecule has 0 aliphatic rings.